The first-order valence-corrected chi connectivity index (χ1v) is 8.84. The molecule has 2 amide bonds. The summed E-state index contributed by atoms with van der Waals surface area (Å²) >= 11 is 5.88. The molecule has 0 unspecified atom stereocenters. The third-order valence-corrected chi connectivity index (χ3v) is 4.83. The van der Waals surface area contributed by atoms with Crippen molar-refractivity contribution in [3.8, 4) is 0 Å². The summed E-state index contributed by atoms with van der Waals surface area (Å²) in [6.45, 7) is 1.94. The number of carbonyl (C=O) groups excluding carboxylic acids is 2. The van der Waals surface area contributed by atoms with Gasteiger partial charge in [-0.1, -0.05) is 41.9 Å². The van der Waals surface area contributed by atoms with Crippen LogP contribution >= 0.6 is 11.6 Å². The number of halogens is 1. The Morgan fingerprint density at radius 2 is 1.96 bits per heavy atom. The van der Waals surface area contributed by atoms with E-state index in [1.807, 2.05) is 55.5 Å². The van der Waals surface area contributed by atoms with Gasteiger partial charge >= 0.3 is 0 Å². The van der Waals surface area contributed by atoms with Crippen molar-refractivity contribution in [3.05, 3.63) is 64.7 Å². The number of benzene rings is 2. The van der Waals surface area contributed by atoms with Crippen LogP contribution in [0.15, 0.2) is 48.5 Å². The fourth-order valence-corrected chi connectivity index (χ4v) is 3.23. The van der Waals surface area contributed by atoms with E-state index in [4.69, 9.17) is 11.6 Å². The molecule has 2 aromatic rings. The average Bonchev–Trinajstić information content (AvgIpc) is 2.60. The Labute approximate surface area is 152 Å². The predicted molar refractivity (Wildman–Crippen MR) is 99.5 cm³/mol. The zero-order valence-electron chi connectivity index (χ0n) is 14.1. The summed E-state index contributed by atoms with van der Waals surface area (Å²) in [5, 5.41) is 6.57. The van der Waals surface area contributed by atoms with Gasteiger partial charge < -0.3 is 10.6 Å². The first-order valence-electron chi connectivity index (χ1n) is 8.46. The number of nitrogens with one attached hydrogen (secondary N) is 2. The normalized spacial score (nSPS) is 17.4. The molecule has 0 radical (unpaired) electrons. The maximum atomic E-state index is 12.2. The van der Waals surface area contributed by atoms with Gasteiger partial charge in [-0.05, 0) is 49.1 Å². The fraction of sp³-hybridized carbons (Fsp3) is 0.300. The summed E-state index contributed by atoms with van der Waals surface area (Å²) in [4.78, 5) is 24.4. The van der Waals surface area contributed by atoms with Crippen LogP contribution < -0.4 is 10.6 Å². The van der Waals surface area contributed by atoms with Crippen molar-refractivity contribution in [1.82, 2.24) is 5.32 Å². The highest BCUT2D eigenvalue weighted by Crippen LogP contribution is 2.27. The third kappa shape index (κ3) is 4.40. The zero-order valence-corrected chi connectivity index (χ0v) is 14.8. The predicted octanol–water partition coefficient (Wildman–Crippen LogP) is 4.11. The molecule has 3 rings (SSSR count). The van der Waals surface area contributed by atoms with E-state index >= 15 is 0 Å². The van der Waals surface area contributed by atoms with Crippen molar-refractivity contribution in [2.75, 3.05) is 5.32 Å². The summed E-state index contributed by atoms with van der Waals surface area (Å²) in [5.41, 5.74) is 3.01. The summed E-state index contributed by atoms with van der Waals surface area (Å²) in [5.74, 6) is -0.210. The average molecular weight is 357 g/mol. The van der Waals surface area contributed by atoms with Gasteiger partial charge in [0, 0.05) is 23.0 Å². The number of fused-ring (bicyclic) bond motifs is 1. The van der Waals surface area contributed by atoms with Gasteiger partial charge in [0.25, 0.3) is 0 Å². The van der Waals surface area contributed by atoms with Gasteiger partial charge in [-0.2, -0.15) is 0 Å². The Bertz CT molecular complexity index is 774. The second kappa shape index (κ2) is 7.70. The number of hydrogen-bond donors (Lipinski definition) is 2. The van der Waals surface area contributed by atoms with Crippen LogP contribution in [-0.4, -0.2) is 11.8 Å². The van der Waals surface area contributed by atoms with Gasteiger partial charge in [-0.3, -0.25) is 9.59 Å². The Balaban J connectivity index is 1.52. The minimum atomic E-state index is -0.161. The van der Waals surface area contributed by atoms with Crippen LogP contribution in [-0.2, 0) is 16.0 Å². The van der Waals surface area contributed by atoms with Gasteiger partial charge in [-0.25, -0.2) is 0 Å². The van der Waals surface area contributed by atoms with E-state index in [1.165, 1.54) is 0 Å². The Hall–Kier alpha value is -2.33. The molecule has 0 aromatic heterocycles. The van der Waals surface area contributed by atoms with Crippen molar-refractivity contribution < 1.29 is 9.59 Å². The SMILES string of the molecule is C[C@@H](NC(=O)CC[C@@H]1Cc2ccccc2NC1=O)c1ccc(Cl)cc1. The third-order valence-electron chi connectivity index (χ3n) is 4.58. The van der Waals surface area contributed by atoms with Crippen LogP contribution in [0.3, 0.4) is 0 Å². The van der Waals surface area contributed by atoms with Gasteiger partial charge in [0.15, 0.2) is 0 Å². The molecule has 2 N–H and O–H groups in total. The molecule has 5 heteroatoms. The first-order chi connectivity index (χ1) is 12.0. The lowest BCUT2D eigenvalue weighted by Crippen LogP contribution is -2.32. The Kier molecular flexibility index (Phi) is 5.39. The Morgan fingerprint density at radius 3 is 2.72 bits per heavy atom. The molecule has 2 aromatic carbocycles. The zero-order chi connectivity index (χ0) is 17.8. The van der Waals surface area contributed by atoms with E-state index in [9.17, 15) is 9.59 Å². The summed E-state index contributed by atoms with van der Waals surface area (Å²) in [7, 11) is 0. The number of rotatable bonds is 5. The quantitative estimate of drug-likeness (QED) is 0.847. The molecule has 1 aliphatic rings. The van der Waals surface area contributed by atoms with E-state index in [1.54, 1.807) is 0 Å². The lowest BCUT2D eigenvalue weighted by molar-refractivity contribution is -0.123. The van der Waals surface area contributed by atoms with Gasteiger partial charge in [0.05, 0.1) is 6.04 Å². The van der Waals surface area contributed by atoms with Crippen LogP contribution in [0.2, 0.25) is 5.02 Å². The van der Waals surface area contributed by atoms with Crippen LogP contribution in [0.25, 0.3) is 0 Å². The number of carbonyl (C=O) groups is 2. The highest BCUT2D eigenvalue weighted by Gasteiger charge is 2.26. The highest BCUT2D eigenvalue weighted by atomic mass is 35.5. The monoisotopic (exact) mass is 356 g/mol. The number of anilines is 1. The summed E-state index contributed by atoms with van der Waals surface area (Å²) in [6, 6.07) is 15.1. The summed E-state index contributed by atoms with van der Waals surface area (Å²) < 4.78 is 0. The topological polar surface area (TPSA) is 58.2 Å². The number of amides is 2. The maximum Gasteiger partial charge on any atom is 0.227 e. The second-order valence-electron chi connectivity index (χ2n) is 6.43. The molecule has 0 saturated heterocycles. The lowest BCUT2D eigenvalue weighted by atomic mass is 9.89. The molecule has 0 saturated carbocycles. The van der Waals surface area contributed by atoms with E-state index in [0.717, 1.165) is 16.8 Å². The highest BCUT2D eigenvalue weighted by molar-refractivity contribution is 6.30. The van der Waals surface area contributed by atoms with Crippen LogP contribution in [0.5, 0.6) is 0 Å². The lowest BCUT2D eigenvalue weighted by Gasteiger charge is -2.24. The molecule has 4 nitrogen and oxygen atoms in total. The molecule has 2 atom stereocenters. The van der Waals surface area contributed by atoms with Crippen molar-refractivity contribution >= 4 is 29.1 Å². The molecule has 0 aliphatic carbocycles. The molecule has 1 heterocycles. The number of hydrogen-bond acceptors (Lipinski definition) is 2. The van der Waals surface area contributed by atoms with E-state index in [2.05, 4.69) is 10.6 Å². The van der Waals surface area contributed by atoms with E-state index < -0.39 is 0 Å². The van der Waals surface area contributed by atoms with Crippen molar-refractivity contribution in [2.24, 2.45) is 5.92 Å². The van der Waals surface area contributed by atoms with Gasteiger partial charge in [0.2, 0.25) is 11.8 Å². The minimum absolute atomic E-state index is 0.00255. The smallest absolute Gasteiger partial charge is 0.227 e. The Morgan fingerprint density at radius 1 is 1.24 bits per heavy atom. The van der Waals surface area contributed by atoms with E-state index in [-0.39, 0.29) is 23.8 Å². The molecule has 130 valence electrons. The largest absolute Gasteiger partial charge is 0.350 e. The molecule has 0 fully saturated rings. The van der Waals surface area contributed by atoms with Crippen LogP contribution in [0.4, 0.5) is 5.69 Å². The molecule has 1 aliphatic heterocycles. The maximum absolute atomic E-state index is 12.2. The van der Waals surface area contributed by atoms with Crippen molar-refractivity contribution in [3.63, 3.8) is 0 Å². The van der Waals surface area contributed by atoms with Crippen LogP contribution in [0, 0.1) is 5.92 Å². The molecule has 0 bridgehead atoms. The first kappa shape index (κ1) is 17.5. The molecular formula is C20H21ClN2O2. The van der Waals surface area contributed by atoms with Gasteiger partial charge in [-0.15, -0.1) is 0 Å². The minimum Gasteiger partial charge on any atom is -0.350 e. The van der Waals surface area contributed by atoms with E-state index in [0.29, 0.717) is 24.3 Å². The molecular weight excluding hydrogens is 336 g/mol. The fourth-order valence-electron chi connectivity index (χ4n) is 3.10. The molecule has 0 spiro atoms. The van der Waals surface area contributed by atoms with Crippen molar-refractivity contribution in [1.29, 1.82) is 0 Å². The second-order valence-corrected chi connectivity index (χ2v) is 6.86. The standard InChI is InChI=1S/C20H21ClN2O2/c1-13(14-6-9-17(21)10-7-14)22-19(24)11-8-16-12-15-4-2-3-5-18(15)23-20(16)25/h2-7,9-10,13,16H,8,11-12H2,1H3,(H,22,24)(H,23,25)/t13-,16-/m1/s1. The summed E-state index contributed by atoms with van der Waals surface area (Å²) in [6.07, 6.45) is 1.56. The number of para-hydroxylation sites is 1. The van der Waals surface area contributed by atoms with Crippen LogP contribution in [0.1, 0.15) is 36.9 Å². The van der Waals surface area contributed by atoms with Crippen molar-refractivity contribution in [2.45, 2.75) is 32.2 Å². The molecule has 25 heavy (non-hydrogen) atoms. The van der Waals surface area contributed by atoms with Gasteiger partial charge in [0.1, 0.15) is 0 Å².